The van der Waals surface area contributed by atoms with Crippen molar-refractivity contribution < 1.29 is 9.15 Å². The van der Waals surface area contributed by atoms with Crippen molar-refractivity contribution >= 4 is 27.2 Å². The number of hydrogen-bond donors (Lipinski definition) is 0. The van der Waals surface area contributed by atoms with Crippen LogP contribution in [0.4, 0.5) is 0 Å². The lowest BCUT2D eigenvalue weighted by Gasteiger charge is -2.06. The summed E-state index contributed by atoms with van der Waals surface area (Å²) in [5.74, 6) is 2.81. The fraction of sp³-hybridized carbons (Fsp3) is 0.261. The number of furan rings is 1. The molecule has 30 heavy (non-hydrogen) atoms. The van der Waals surface area contributed by atoms with Crippen molar-refractivity contribution in [2.75, 3.05) is 0 Å². The third kappa shape index (κ3) is 2.81. The van der Waals surface area contributed by atoms with Gasteiger partial charge in [-0.2, -0.15) is 0 Å². The van der Waals surface area contributed by atoms with E-state index in [4.69, 9.17) is 14.1 Å². The summed E-state index contributed by atoms with van der Waals surface area (Å²) < 4.78 is 13.7. The number of thiophene rings is 1. The molecule has 4 aromatic heterocycles. The summed E-state index contributed by atoms with van der Waals surface area (Å²) in [4.78, 5) is 11.5. The summed E-state index contributed by atoms with van der Waals surface area (Å²) >= 11 is 1.68. The number of hydrogen-bond acceptors (Lipinski definition) is 6. The summed E-state index contributed by atoms with van der Waals surface area (Å²) in [7, 11) is 0. The van der Waals surface area contributed by atoms with Crippen LogP contribution >= 0.6 is 11.3 Å². The smallest absolute Gasteiger partial charge is 0.217 e. The van der Waals surface area contributed by atoms with Crippen LogP contribution in [-0.4, -0.2) is 19.6 Å². The third-order valence-electron chi connectivity index (χ3n) is 5.84. The van der Waals surface area contributed by atoms with Crippen LogP contribution in [-0.2, 0) is 19.4 Å². The predicted octanol–water partition coefficient (Wildman–Crippen LogP) is 5.28. The van der Waals surface area contributed by atoms with Crippen LogP contribution in [0.2, 0.25) is 0 Å². The first-order valence-corrected chi connectivity index (χ1v) is 10.9. The van der Waals surface area contributed by atoms with E-state index in [0.717, 1.165) is 33.8 Å². The Morgan fingerprint density at radius 2 is 2.03 bits per heavy atom. The molecule has 6 rings (SSSR count). The quantitative estimate of drug-likeness (QED) is 0.399. The largest absolute Gasteiger partial charge is 0.486 e. The molecule has 0 amide bonds. The van der Waals surface area contributed by atoms with Crippen molar-refractivity contribution in [3.8, 4) is 17.3 Å². The Labute approximate surface area is 177 Å². The van der Waals surface area contributed by atoms with Gasteiger partial charge in [0.1, 0.15) is 29.3 Å². The molecule has 7 heteroatoms. The number of benzene rings is 1. The number of ether oxygens (including phenoxy) is 1. The van der Waals surface area contributed by atoms with E-state index >= 15 is 0 Å². The molecule has 0 radical (unpaired) electrons. The average Bonchev–Trinajstić information content (AvgIpc) is 3.52. The van der Waals surface area contributed by atoms with Gasteiger partial charge in [-0.05, 0) is 74.1 Å². The molecule has 0 saturated carbocycles. The summed E-state index contributed by atoms with van der Waals surface area (Å²) in [5.41, 5.74) is 4.86. The maximum Gasteiger partial charge on any atom is 0.217 e. The van der Waals surface area contributed by atoms with Gasteiger partial charge in [0.2, 0.25) is 5.82 Å². The van der Waals surface area contributed by atoms with Gasteiger partial charge in [-0.1, -0.05) is 6.07 Å². The average molecular weight is 417 g/mol. The van der Waals surface area contributed by atoms with Gasteiger partial charge in [0.25, 0.3) is 0 Å². The van der Waals surface area contributed by atoms with E-state index in [1.807, 2.05) is 18.2 Å². The molecule has 5 aromatic rings. The molecule has 6 nitrogen and oxygen atoms in total. The summed E-state index contributed by atoms with van der Waals surface area (Å²) in [6, 6.07) is 10.2. The molecular formula is C23H20N4O2S. The fourth-order valence-electron chi connectivity index (χ4n) is 4.12. The first-order valence-electron chi connectivity index (χ1n) is 10.1. The molecule has 0 unspecified atom stereocenters. The maximum atomic E-state index is 5.98. The monoisotopic (exact) mass is 416 g/mol. The zero-order valence-electron chi connectivity index (χ0n) is 16.8. The number of aryl methyl sites for hydroxylation is 4. The fourth-order valence-corrected chi connectivity index (χ4v) is 5.11. The second-order valence-corrected chi connectivity index (χ2v) is 8.95. The minimum Gasteiger partial charge on any atom is -0.486 e. The van der Waals surface area contributed by atoms with Gasteiger partial charge in [0, 0.05) is 4.88 Å². The molecule has 0 aliphatic heterocycles. The lowest BCUT2D eigenvalue weighted by molar-refractivity contribution is 0.271. The van der Waals surface area contributed by atoms with Gasteiger partial charge in [0.05, 0.1) is 5.39 Å². The van der Waals surface area contributed by atoms with Crippen LogP contribution in [0, 0.1) is 13.8 Å². The second kappa shape index (κ2) is 6.67. The van der Waals surface area contributed by atoms with E-state index in [9.17, 15) is 0 Å². The topological polar surface area (TPSA) is 65.5 Å². The molecule has 0 saturated heterocycles. The van der Waals surface area contributed by atoms with Gasteiger partial charge in [-0.15, -0.1) is 16.4 Å². The van der Waals surface area contributed by atoms with Crippen molar-refractivity contribution in [3.05, 3.63) is 64.0 Å². The Hall–Kier alpha value is -3.19. The SMILES string of the molecule is Cc1sc2ncn3nc(-c4ccc(COc5ccc6c(c5)CCC6)o4)nc3c2c1C. The molecule has 1 aromatic carbocycles. The first kappa shape index (κ1) is 17.7. The minimum atomic E-state index is 0.376. The Morgan fingerprint density at radius 1 is 1.13 bits per heavy atom. The standard InChI is InChI=1S/C23H20N4O2S/c1-13-14(2)30-23-20(13)22-25-21(26-27(22)12-24-23)19-9-8-18(29-19)11-28-17-7-6-15-4-3-5-16(15)10-17/h6-10,12H,3-5,11H2,1-2H3. The Balaban J connectivity index is 1.27. The first-order chi connectivity index (χ1) is 14.7. The van der Waals surface area contributed by atoms with Crippen LogP contribution in [0.15, 0.2) is 41.1 Å². The van der Waals surface area contributed by atoms with Gasteiger partial charge in [0.15, 0.2) is 11.4 Å². The molecule has 150 valence electrons. The maximum absolute atomic E-state index is 5.98. The minimum absolute atomic E-state index is 0.376. The van der Waals surface area contributed by atoms with E-state index in [-0.39, 0.29) is 0 Å². The van der Waals surface area contributed by atoms with E-state index in [0.29, 0.717) is 18.2 Å². The molecular weight excluding hydrogens is 396 g/mol. The molecule has 0 bridgehead atoms. The van der Waals surface area contributed by atoms with Crippen LogP contribution in [0.3, 0.4) is 0 Å². The van der Waals surface area contributed by atoms with Gasteiger partial charge < -0.3 is 9.15 Å². The number of aromatic nitrogens is 4. The lowest BCUT2D eigenvalue weighted by Crippen LogP contribution is -1.94. The summed E-state index contributed by atoms with van der Waals surface area (Å²) in [6.07, 6.45) is 5.26. The summed E-state index contributed by atoms with van der Waals surface area (Å²) in [5, 5.41) is 5.63. The summed E-state index contributed by atoms with van der Waals surface area (Å²) in [6.45, 7) is 4.58. The highest BCUT2D eigenvalue weighted by molar-refractivity contribution is 7.18. The molecule has 1 aliphatic rings. The van der Waals surface area contributed by atoms with E-state index in [1.54, 1.807) is 22.2 Å². The zero-order chi connectivity index (χ0) is 20.2. The van der Waals surface area contributed by atoms with Gasteiger partial charge in [-0.3, -0.25) is 0 Å². The molecule has 0 atom stereocenters. The molecule has 1 aliphatic carbocycles. The van der Waals surface area contributed by atoms with Gasteiger partial charge >= 0.3 is 0 Å². The highest BCUT2D eigenvalue weighted by Crippen LogP contribution is 2.32. The molecule has 0 N–H and O–H groups in total. The Bertz CT molecular complexity index is 1410. The Kier molecular flexibility index (Phi) is 3.92. The second-order valence-electron chi connectivity index (χ2n) is 7.75. The van der Waals surface area contributed by atoms with E-state index in [1.165, 1.54) is 34.4 Å². The number of nitrogens with zero attached hydrogens (tertiary/aromatic N) is 4. The van der Waals surface area contributed by atoms with Crippen LogP contribution in [0.5, 0.6) is 5.75 Å². The normalized spacial score (nSPS) is 13.4. The highest BCUT2D eigenvalue weighted by Gasteiger charge is 2.17. The molecule has 4 heterocycles. The van der Waals surface area contributed by atoms with Crippen LogP contribution < -0.4 is 4.74 Å². The van der Waals surface area contributed by atoms with Crippen molar-refractivity contribution in [1.29, 1.82) is 0 Å². The van der Waals surface area contributed by atoms with Crippen molar-refractivity contribution in [2.24, 2.45) is 0 Å². The Morgan fingerprint density at radius 3 is 2.97 bits per heavy atom. The molecule has 0 fully saturated rings. The third-order valence-corrected chi connectivity index (χ3v) is 6.95. The zero-order valence-corrected chi connectivity index (χ0v) is 17.6. The van der Waals surface area contributed by atoms with Crippen molar-refractivity contribution in [2.45, 2.75) is 39.7 Å². The van der Waals surface area contributed by atoms with Crippen molar-refractivity contribution in [1.82, 2.24) is 19.6 Å². The highest BCUT2D eigenvalue weighted by atomic mass is 32.1. The number of rotatable bonds is 4. The number of fused-ring (bicyclic) bond motifs is 4. The van der Waals surface area contributed by atoms with E-state index < -0.39 is 0 Å². The van der Waals surface area contributed by atoms with Crippen LogP contribution in [0.25, 0.3) is 27.4 Å². The van der Waals surface area contributed by atoms with Crippen LogP contribution in [0.1, 0.15) is 33.7 Å². The predicted molar refractivity (Wildman–Crippen MR) is 116 cm³/mol. The van der Waals surface area contributed by atoms with E-state index in [2.05, 4.69) is 36.1 Å². The molecule has 0 spiro atoms. The van der Waals surface area contributed by atoms with Crippen molar-refractivity contribution in [3.63, 3.8) is 0 Å². The van der Waals surface area contributed by atoms with Gasteiger partial charge in [-0.25, -0.2) is 14.5 Å². The lowest BCUT2D eigenvalue weighted by atomic mass is 10.1.